The van der Waals surface area contributed by atoms with Gasteiger partial charge in [0.15, 0.2) is 0 Å². The maximum Gasteiger partial charge on any atom is 0.311 e. The normalized spacial score (nSPS) is 31.5. The molecule has 21 heavy (non-hydrogen) atoms. The third kappa shape index (κ3) is 2.80. The fourth-order valence-electron chi connectivity index (χ4n) is 4.08. The lowest BCUT2D eigenvalue weighted by Gasteiger charge is -2.58. The van der Waals surface area contributed by atoms with E-state index < -0.39 is 11.8 Å². The van der Waals surface area contributed by atoms with Gasteiger partial charge < -0.3 is 9.47 Å². The molecule has 2 aliphatic rings. The van der Waals surface area contributed by atoms with E-state index >= 15 is 0 Å². The van der Waals surface area contributed by atoms with Crippen LogP contribution in [0.15, 0.2) is 0 Å². The van der Waals surface area contributed by atoms with Crippen molar-refractivity contribution in [3.8, 4) is 0 Å². The molecule has 5 heteroatoms. The number of carbonyl (C=O) groups is 2. The first-order valence-electron chi connectivity index (χ1n) is 8.02. The van der Waals surface area contributed by atoms with Crippen LogP contribution in [0.1, 0.15) is 40.5 Å². The van der Waals surface area contributed by atoms with E-state index in [0.717, 1.165) is 25.9 Å². The Morgan fingerprint density at radius 1 is 1.05 bits per heavy atom. The van der Waals surface area contributed by atoms with Gasteiger partial charge in [-0.1, -0.05) is 13.8 Å². The van der Waals surface area contributed by atoms with Gasteiger partial charge in [-0.2, -0.15) is 0 Å². The zero-order chi connectivity index (χ0) is 15.6. The van der Waals surface area contributed by atoms with Crippen molar-refractivity contribution in [1.82, 2.24) is 4.90 Å². The molecule has 1 aliphatic carbocycles. The van der Waals surface area contributed by atoms with Crippen LogP contribution in [0.25, 0.3) is 0 Å². The number of rotatable bonds is 5. The predicted octanol–water partition coefficient (Wildman–Crippen LogP) is 1.85. The summed E-state index contributed by atoms with van der Waals surface area (Å²) in [6.45, 7) is 10.4. The highest BCUT2D eigenvalue weighted by Crippen LogP contribution is 2.55. The Balaban J connectivity index is 2.22. The van der Waals surface area contributed by atoms with Crippen molar-refractivity contribution in [2.24, 2.45) is 17.3 Å². The first-order valence-corrected chi connectivity index (χ1v) is 8.02. The summed E-state index contributed by atoms with van der Waals surface area (Å²) in [6, 6.07) is 0.0773. The van der Waals surface area contributed by atoms with Crippen LogP contribution in [-0.4, -0.2) is 49.2 Å². The molecule has 1 aliphatic heterocycles. The second-order valence-electron chi connectivity index (χ2n) is 6.52. The van der Waals surface area contributed by atoms with E-state index in [9.17, 15) is 9.59 Å². The van der Waals surface area contributed by atoms with Crippen LogP contribution in [0.4, 0.5) is 0 Å². The van der Waals surface area contributed by atoms with Gasteiger partial charge in [0.25, 0.3) is 0 Å². The molecule has 2 fully saturated rings. The molecule has 0 amide bonds. The van der Waals surface area contributed by atoms with Crippen LogP contribution in [0.2, 0.25) is 0 Å². The average molecular weight is 297 g/mol. The lowest BCUT2D eigenvalue weighted by atomic mass is 9.51. The highest BCUT2D eigenvalue weighted by atomic mass is 16.5. The lowest BCUT2D eigenvalue weighted by Crippen LogP contribution is -2.69. The molecule has 5 nitrogen and oxygen atoms in total. The number of likely N-dealkylation sites (tertiary alicyclic amines) is 1. The molecule has 0 bridgehead atoms. The summed E-state index contributed by atoms with van der Waals surface area (Å²) in [6.07, 6.45) is 2.32. The molecule has 0 aromatic rings. The number of carbonyl (C=O) groups excluding carboxylic acids is 2. The predicted molar refractivity (Wildman–Crippen MR) is 78.6 cm³/mol. The Hall–Kier alpha value is -1.10. The van der Waals surface area contributed by atoms with Crippen LogP contribution in [0, 0.1) is 17.3 Å². The Kier molecular flexibility index (Phi) is 4.91. The van der Waals surface area contributed by atoms with E-state index in [2.05, 4.69) is 18.7 Å². The van der Waals surface area contributed by atoms with Crippen molar-refractivity contribution in [1.29, 1.82) is 0 Å². The van der Waals surface area contributed by atoms with Crippen molar-refractivity contribution in [3.05, 3.63) is 0 Å². The first-order chi connectivity index (χ1) is 9.95. The van der Waals surface area contributed by atoms with Crippen molar-refractivity contribution in [2.75, 3.05) is 26.3 Å². The summed E-state index contributed by atoms with van der Waals surface area (Å²) in [7, 11) is 0. The summed E-state index contributed by atoms with van der Waals surface area (Å²) >= 11 is 0. The smallest absolute Gasteiger partial charge is 0.311 e. The molecule has 0 aromatic heterocycles. The number of hydrogen-bond donors (Lipinski definition) is 0. The molecule has 0 N–H and O–H groups in total. The van der Waals surface area contributed by atoms with E-state index in [4.69, 9.17) is 9.47 Å². The van der Waals surface area contributed by atoms with E-state index in [0.29, 0.717) is 13.2 Å². The second kappa shape index (κ2) is 6.34. The van der Waals surface area contributed by atoms with Crippen molar-refractivity contribution < 1.29 is 19.1 Å². The van der Waals surface area contributed by atoms with Gasteiger partial charge in [0, 0.05) is 6.04 Å². The van der Waals surface area contributed by atoms with Crippen LogP contribution in [0.5, 0.6) is 0 Å². The molecule has 1 saturated heterocycles. The summed E-state index contributed by atoms with van der Waals surface area (Å²) in [5.74, 6) is -1.32. The molecule has 1 saturated carbocycles. The number of hydrogen-bond acceptors (Lipinski definition) is 5. The van der Waals surface area contributed by atoms with Gasteiger partial charge in [0.05, 0.1) is 25.0 Å². The SMILES string of the molecule is CCOC(=O)C1C(C(=O)OCC)C(C)(C)C1N1CCCC1. The van der Waals surface area contributed by atoms with E-state index in [1.54, 1.807) is 13.8 Å². The summed E-state index contributed by atoms with van der Waals surface area (Å²) in [5, 5.41) is 0. The van der Waals surface area contributed by atoms with Gasteiger partial charge in [0.1, 0.15) is 0 Å². The first kappa shape index (κ1) is 16.3. The molecule has 1 heterocycles. The van der Waals surface area contributed by atoms with Crippen LogP contribution in [-0.2, 0) is 19.1 Å². The third-order valence-corrected chi connectivity index (χ3v) is 4.90. The molecule has 2 rings (SSSR count). The maximum absolute atomic E-state index is 12.3. The van der Waals surface area contributed by atoms with Gasteiger partial charge in [-0.15, -0.1) is 0 Å². The summed E-state index contributed by atoms with van der Waals surface area (Å²) in [5.41, 5.74) is -0.256. The molecule has 0 spiro atoms. The zero-order valence-electron chi connectivity index (χ0n) is 13.6. The minimum atomic E-state index is -0.401. The molecule has 0 radical (unpaired) electrons. The molecule has 3 atom stereocenters. The minimum absolute atomic E-state index is 0.0773. The highest BCUT2D eigenvalue weighted by molar-refractivity contribution is 5.86. The maximum atomic E-state index is 12.3. The average Bonchev–Trinajstić information content (AvgIpc) is 2.90. The van der Waals surface area contributed by atoms with Gasteiger partial charge in [-0.25, -0.2) is 0 Å². The van der Waals surface area contributed by atoms with Crippen LogP contribution in [0.3, 0.4) is 0 Å². The van der Waals surface area contributed by atoms with Gasteiger partial charge in [-0.05, 0) is 45.2 Å². The minimum Gasteiger partial charge on any atom is -0.466 e. The quantitative estimate of drug-likeness (QED) is 0.725. The van der Waals surface area contributed by atoms with Crippen molar-refractivity contribution in [3.63, 3.8) is 0 Å². The number of esters is 2. The number of ether oxygens (including phenoxy) is 2. The molecule has 3 unspecified atom stereocenters. The third-order valence-electron chi connectivity index (χ3n) is 4.90. The van der Waals surface area contributed by atoms with E-state index in [1.165, 1.54) is 0 Å². The Morgan fingerprint density at radius 3 is 2.10 bits per heavy atom. The van der Waals surface area contributed by atoms with Crippen LogP contribution < -0.4 is 0 Å². The second-order valence-corrected chi connectivity index (χ2v) is 6.52. The van der Waals surface area contributed by atoms with Crippen molar-refractivity contribution >= 4 is 11.9 Å². The van der Waals surface area contributed by atoms with Crippen molar-refractivity contribution in [2.45, 2.75) is 46.6 Å². The molecule has 120 valence electrons. The molecular formula is C16H27NO4. The Labute approximate surface area is 127 Å². The van der Waals surface area contributed by atoms with E-state index in [-0.39, 0.29) is 23.4 Å². The molecular weight excluding hydrogens is 270 g/mol. The lowest BCUT2D eigenvalue weighted by molar-refractivity contribution is -0.197. The monoisotopic (exact) mass is 297 g/mol. The number of nitrogens with zero attached hydrogens (tertiary/aromatic N) is 1. The Morgan fingerprint density at radius 2 is 1.57 bits per heavy atom. The van der Waals surface area contributed by atoms with Crippen LogP contribution >= 0.6 is 0 Å². The van der Waals surface area contributed by atoms with Gasteiger partial charge in [0.2, 0.25) is 0 Å². The fourth-order valence-corrected chi connectivity index (χ4v) is 4.08. The highest BCUT2D eigenvalue weighted by Gasteiger charge is 2.65. The molecule has 0 aromatic carbocycles. The largest absolute Gasteiger partial charge is 0.466 e. The van der Waals surface area contributed by atoms with Gasteiger partial charge >= 0.3 is 11.9 Å². The summed E-state index contributed by atoms with van der Waals surface area (Å²) in [4.78, 5) is 27.0. The fraction of sp³-hybridized carbons (Fsp3) is 0.875. The zero-order valence-corrected chi connectivity index (χ0v) is 13.6. The summed E-state index contributed by atoms with van der Waals surface area (Å²) < 4.78 is 10.4. The topological polar surface area (TPSA) is 55.8 Å². The Bertz CT molecular complexity index is 401. The standard InChI is InChI=1S/C16H27NO4/c1-5-20-14(18)11-12(15(19)21-6-2)16(3,4)13(11)17-9-7-8-10-17/h11-13H,5-10H2,1-4H3. The van der Waals surface area contributed by atoms with Gasteiger partial charge in [-0.3, -0.25) is 14.5 Å². The van der Waals surface area contributed by atoms with E-state index in [1.807, 2.05) is 0 Å².